The van der Waals surface area contributed by atoms with Crippen LogP contribution >= 0.6 is 0 Å². The molecule has 1 fully saturated rings. The Kier molecular flexibility index (Phi) is 14.0. The number of unbranched alkanes of at least 4 members (excludes halogenated alkanes) is 7. The van der Waals surface area contributed by atoms with Crippen molar-refractivity contribution >= 4 is 6.03 Å². The monoisotopic (exact) mass is 685 g/mol. The van der Waals surface area contributed by atoms with Gasteiger partial charge in [0.25, 0.3) is 0 Å². The molecule has 1 aromatic carbocycles. The highest BCUT2D eigenvalue weighted by Gasteiger charge is 2.44. The van der Waals surface area contributed by atoms with Gasteiger partial charge in [-0.2, -0.15) is 0 Å². The molecule has 0 saturated carbocycles. The minimum Gasteiger partial charge on any atom is -0.494 e. The molecule has 50 heavy (non-hydrogen) atoms. The number of carbonyl (C=O) groups is 1. The fourth-order valence-corrected chi connectivity index (χ4v) is 5.81. The molecule has 1 saturated heterocycles. The molecule has 4 heterocycles. The van der Waals surface area contributed by atoms with Gasteiger partial charge in [-0.3, -0.25) is 9.97 Å². The van der Waals surface area contributed by atoms with Gasteiger partial charge in [0.1, 0.15) is 30.2 Å². The molecule has 0 spiro atoms. The molecule has 1 aliphatic rings. The number of hydrogen-bond donors (Lipinski definition) is 6. The number of carbonyl (C=O) groups excluding carboxylic acids is 1. The van der Waals surface area contributed by atoms with Crippen molar-refractivity contribution in [2.75, 3.05) is 19.8 Å². The Morgan fingerprint density at radius 2 is 1.30 bits per heavy atom. The van der Waals surface area contributed by atoms with Gasteiger partial charge in [0.05, 0.1) is 36.0 Å². The van der Waals surface area contributed by atoms with Gasteiger partial charge in [-0.25, -0.2) is 9.78 Å². The summed E-state index contributed by atoms with van der Waals surface area (Å²) >= 11 is 0. The lowest BCUT2D eigenvalue weighted by atomic mass is 9.98. The van der Waals surface area contributed by atoms with Crippen LogP contribution in [0, 0.1) is 0 Å². The zero-order valence-electron chi connectivity index (χ0n) is 28.1. The van der Waals surface area contributed by atoms with Crippen LogP contribution in [0.15, 0.2) is 85.2 Å². The number of aliphatic hydroxyl groups excluding tert-OH is 4. The van der Waals surface area contributed by atoms with Crippen molar-refractivity contribution in [2.45, 2.75) is 82.0 Å². The lowest BCUT2D eigenvalue weighted by Gasteiger charge is -2.40. The quantitative estimate of drug-likeness (QED) is 0.0869. The van der Waals surface area contributed by atoms with Gasteiger partial charge < -0.3 is 40.5 Å². The van der Waals surface area contributed by atoms with Gasteiger partial charge in [0.2, 0.25) is 0 Å². The summed E-state index contributed by atoms with van der Waals surface area (Å²) in [6.45, 7) is 0.577. The number of benzene rings is 1. The average molecular weight is 686 g/mol. The Morgan fingerprint density at radius 3 is 1.88 bits per heavy atom. The van der Waals surface area contributed by atoms with E-state index in [1.165, 1.54) is 0 Å². The zero-order valence-corrected chi connectivity index (χ0v) is 28.1. The van der Waals surface area contributed by atoms with E-state index < -0.39 is 43.3 Å². The van der Waals surface area contributed by atoms with Gasteiger partial charge in [0.15, 0.2) is 6.23 Å². The summed E-state index contributed by atoms with van der Waals surface area (Å²) < 4.78 is 11.3. The third-order valence-corrected chi connectivity index (χ3v) is 8.66. The van der Waals surface area contributed by atoms with Crippen LogP contribution in [0.3, 0.4) is 0 Å². The van der Waals surface area contributed by atoms with Crippen molar-refractivity contribution in [1.29, 1.82) is 0 Å². The number of rotatable bonds is 17. The van der Waals surface area contributed by atoms with Gasteiger partial charge in [-0.15, -0.1) is 0 Å². The van der Waals surface area contributed by atoms with Crippen LogP contribution in [0.1, 0.15) is 51.4 Å². The lowest BCUT2D eigenvalue weighted by Crippen LogP contribution is -2.64. The predicted molar refractivity (Wildman–Crippen MR) is 189 cm³/mol. The minimum atomic E-state index is -1.53. The molecule has 12 heteroatoms. The summed E-state index contributed by atoms with van der Waals surface area (Å²) in [7, 11) is 0. The Morgan fingerprint density at radius 1 is 0.700 bits per heavy atom. The maximum absolute atomic E-state index is 12.1. The van der Waals surface area contributed by atoms with Crippen molar-refractivity contribution in [2.24, 2.45) is 0 Å². The summed E-state index contributed by atoms with van der Waals surface area (Å²) in [5.41, 5.74) is 5.28. The number of nitrogens with one attached hydrogen (secondary N) is 2. The molecule has 3 aromatic heterocycles. The number of pyridine rings is 3. The van der Waals surface area contributed by atoms with Crippen LogP contribution in [0.25, 0.3) is 33.9 Å². The number of ether oxygens (including phenoxy) is 2. The Bertz CT molecular complexity index is 1540. The third kappa shape index (κ3) is 10.5. The second-order valence-corrected chi connectivity index (χ2v) is 12.4. The van der Waals surface area contributed by atoms with Crippen LogP contribution < -0.4 is 15.4 Å². The van der Waals surface area contributed by atoms with Crippen LogP contribution in [0.2, 0.25) is 0 Å². The summed E-state index contributed by atoms with van der Waals surface area (Å²) in [5.74, 6) is 0.841. The molecule has 6 N–H and O–H groups in total. The fourth-order valence-electron chi connectivity index (χ4n) is 5.81. The SMILES string of the molecule is O=C(NCCCCCCCCCCOc1ccc(-c2cc(-c3ccccn3)nc(-c3ccccn3)c2)cc1)N[C@H]1O[C@@H](CO)[C@H](O)[C@@H](O)[C@@H]1O. The van der Waals surface area contributed by atoms with Crippen molar-refractivity contribution in [1.82, 2.24) is 25.6 Å². The first kappa shape index (κ1) is 36.8. The molecule has 0 bridgehead atoms. The summed E-state index contributed by atoms with van der Waals surface area (Å²) in [4.78, 5) is 26.0. The highest BCUT2D eigenvalue weighted by molar-refractivity contribution is 5.75. The van der Waals surface area contributed by atoms with Crippen molar-refractivity contribution < 1.29 is 34.7 Å². The van der Waals surface area contributed by atoms with E-state index in [0.29, 0.717) is 13.2 Å². The van der Waals surface area contributed by atoms with E-state index in [9.17, 15) is 25.2 Å². The van der Waals surface area contributed by atoms with Gasteiger partial charge in [0, 0.05) is 18.9 Å². The number of urea groups is 1. The summed E-state index contributed by atoms with van der Waals surface area (Å²) in [6.07, 6.45) is 5.10. The van der Waals surface area contributed by atoms with E-state index in [-0.39, 0.29) is 0 Å². The molecular formula is C38H47N5O7. The second-order valence-electron chi connectivity index (χ2n) is 12.4. The largest absolute Gasteiger partial charge is 0.494 e. The van der Waals surface area contributed by atoms with Crippen LogP contribution in [-0.2, 0) is 4.74 Å². The normalized spacial score (nSPS) is 20.3. The molecule has 2 amide bonds. The zero-order chi connectivity index (χ0) is 35.1. The van der Waals surface area contributed by atoms with E-state index in [0.717, 1.165) is 91.0 Å². The molecule has 266 valence electrons. The van der Waals surface area contributed by atoms with Gasteiger partial charge in [-0.05, 0) is 72.5 Å². The fraction of sp³-hybridized carbons (Fsp3) is 0.421. The molecule has 0 aliphatic carbocycles. The summed E-state index contributed by atoms with van der Waals surface area (Å²) in [6, 6.07) is 23.3. The molecule has 5 rings (SSSR count). The number of aliphatic hydroxyl groups is 4. The topological polar surface area (TPSA) is 179 Å². The molecule has 4 aromatic rings. The first-order valence-corrected chi connectivity index (χ1v) is 17.4. The minimum absolute atomic E-state index is 0.461. The van der Waals surface area contributed by atoms with Crippen molar-refractivity contribution in [3.8, 4) is 39.7 Å². The smallest absolute Gasteiger partial charge is 0.316 e. The Balaban J connectivity index is 0.947. The number of aromatic nitrogens is 3. The number of hydrogen-bond acceptors (Lipinski definition) is 10. The van der Waals surface area contributed by atoms with E-state index in [1.54, 1.807) is 12.4 Å². The molecule has 5 atom stereocenters. The van der Waals surface area contributed by atoms with Crippen molar-refractivity contribution in [3.63, 3.8) is 0 Å². The lowest BCUT2D eigenvalue weighted by molar-refractivity contribution is -0.233. The first-order valence-electron chi connectivity index (χ1n) is 17.4. The maximum Gasteiger partial charge on any atom is 0.316 e. The summed E-state index contributed by atoms with van der Waals surface area (Å²) in [5, 5.41) is 44.1. The third-order valence-electron chi connectivity index (χ3n) is 8.66. The highest BCUT2D eigenvalue weighted by atomic mass is 16.6. The number of amides is 2. The molecular weight excluding hydrogens is 638 g/mol. The first-order chi connectivity index (χ1) is 24.4. The maximum atomic E-state index is 12.1. The molecule has 0 radical (unpaired) electrons. The second kappa shape index (κ2) is 19.1. The molecule has 1 aliphatic heterocycles. The van der Waals surface area contributed by atoms with Crippen LogP contribution in [-0.4, -0.2) is 91.8 Å². The van der Waals surface area contributed by atoms with Gasteiger partial charge in [-0.1, -0.05) is 62.8 Å². The van der Waals surface area contributed by atoms with Crippen LogP contribution in [0.4, 0.5) is 4.79 Å². The van der Waals surface area contributed by atoms with Gasteiger partial charge >= 0.3 is 6.03 Å². The number of nitrogens with zero attached hydrogens (tertiary/aromatic N) is 3. The van der Waals surface area contributed by atoms with E-state index in [2.05, 4.69) is 44.9 Å². The molecule has 12 nitrogen and oxygen atoms in total. The standard InChI is InChI=1S/C38H47N5O7/c44-25-33-34(45)35(46)36(47)37(50-33)43-38(48)41-21-9-5-3-1-2-4-6-12-22-49-28-17-15-26(16-18-28)27-23-31(29-13-7-10-19-39-29)42-32(24-27)30-14-8-11-20-40-30/h7-8,10-11,13-20,23-24,33-37,44-47H,1-6,9,12,21-22,25H2,(H2,41,43,48)/t33-,34-,35+,36-,37-/m0/s1. The van der Waals surface area contributed by atoms with Crippen LogP contribution in [0.5, 0.6) is 5.75 Å². The van der Waals surface area contributed by atoms with Crippen molar-refractivity contribution in [3.05, 3.63) is 85.2 Å². The molecule has 0 unspecified atom stereocenters. The average Bonchev–Trinajstić information content (AvgIpc) is 3.16. The predicted octanol–water partition coefficient (Wildman–Crippen LogP) is 4.47. The highest BCUT2D eigenvalue weighted by Crippen LogP contribution is 2.30. The Labute approximate surface area is 292 Å². The van der Waals surface area contributed by atoms with E-state index in [1.807, 2.05) is 48.5 Å². The Hall–Kier alpha value is -4.46. The van der Waals surface area contributed by atoms with E-state index in [4.69, 9.17) is 14.5 Å². The van der Waals surface area contributed by atoms with E-state index >= 15 is 0 Å².